The molecule has 1 rings (SSSR count). The summed E-state index contributed by atoms with van der Waals surface area (Å²) in [6.45, 7) is -0.694. The van der Waals surface area contributed by atoms with Gasteiger partial charge >= 0.3 is 12.1 Å². The van der Waals surface area contributed by atoms with E-state index < -0.39 is 24.6 Å². The number of rotatable bonds is 4. The first-order valence-corrected chi connectivity index (χ1v) is 4.17. The fourth-order valence-electron chi connectivity index (χ4n) is 0.540. The van der Waals surface area contributed by atoms with E-state index in [1.807, 2.05) is 5.48 Å². The van der Waals surface area contributed by atoms with Gasteiger partial charge in [0.2, 0.25) is 11.0 Å². The molecule has 1 aromatic heterocycles. The smallest absolute Gasteiger partial charge is 0.452 e. The van der Waals surface area contributed by atoms with Crippen LogP contribution in [0.5, 0.6) is 0 Å². The van der Waals surface area contributed by atoms with Crippen molar-refractivity contribution in [2.24, 2.45) is 0 Å². The van der Waals surface area contributed by atoms with Crippen LogP contribution in [0.4, 0.5) is 18.3 Å². The van der Waals surface area contributed by atoms with Gasteiger partial charge in [0.15, 0.2) is 6.61 Å². The number of anilines is 1. The van der Waals surface area contributed by atoms with Crippen molar-refractivity contribution in [3.8, 4) is 0 Å². The van der Waals surface area contributed by atoms with Crippen LogP contribution in [0.15, 0.2) is 0 Å². The molecule has 2 N–H and O–H groups in total. The number of carboxylic acids is 1. The van der Waals surface area contributed by atoms with Gasteiger partial charge in [-0.1, -0.05) is 0 Å². The van der Waals surface area contributed by atoms with Gasteiger partial charge in [0.25, 0.3) is 0 Å². The molecule has 0 radical (unpaired) electrons. The highest BCUT2D eigenvalue weighted by molar-refractivity contribution is 7.09. The number of halogens is 3. The van der Waals surface area contributed by atoms with Crippen molar-refractivity contribution in [3.05, 3.63) is 5.82 Å². The van der Waals surface area contributed by atoms with E-state index in [1.165, 1.54) is 0 Å². The zero-order valence-electron chi connectivity index (χ0n) is 6.91. The van der Waals surface area contributed by atoms with E-state index in [-0.39, 0.29) is 5.13 Å². The molecule has 15 heavy (non-hydrogen) atoms. The standard InChI is InChI=1S/C5H4F3N3O3S/c6-5(7,8)3-9-4(15-11-3)10-14-1-2(12)13/h1H2,(H,12,13)(H,9,10,11). The number of carbonyl (C=O) groups is 1. The fraction of sp³-hybridized carbons (Fsp3) is 0.400. The lowest BCUT2D eigenvalue weighted by Gasteiger charge is -1.99. The van der Waals surface area contributed by atoms with E-state index in [0.29, 0.717) is 11.5 Å². The number of nitrogens with one attached hydrogen (secondary N) is 1. The molecule has 0 aliphatic heterocycles. The topological polar surface area (TPSA) is 84.3 Å². The summed E-state index contributed by atoms with van der Waals surface area (Å²) in [5.41, 5.74) is 1.93. The predicted molar refractivity (Wildman–Crippen MR) is 42.1 cm³/mol. The second kappa shape index (κ2) is 4.40. The average molecular weight is 243 g/mol. The number of aliphatic carboxylic acids is 1. The summed E-state index contributed by atoms with van der Waals surface area (Å²) < 4.78 is 38.9. The molecule has 0 saturated heterocycles. The van der Waals surface area contributed by atoms with Crippen molar-refractivity contribution in [2.75, 3.05) is 12.1 Å². The molecule has 0 saturated carbocycles. The van der Waals surface area contributed by atoms with E-state index in [9.17, 15) is 18.0 Å². The largest absolute Gasteiger partial charge is 0.479 e. The maximum atomic E-state index is 12.0. The second-order valence-corrected chi connectivity index (χ2v) is 2.96. The van der Waals surface area contributed by atoms with Crippen LogP contribution in [0.2, 0.25) is 0 Å². The summed E-state index contributed by atoms with van der Waals surface area (Å²) in [5.74, 6) is -2.56. The summed E-state index contributed by atoms with van der Waals surface area (Å²) in [4.78, 5) is 17.3. The molecule has 0 bridgehead atoms. The minimum absolute atomic E-state index is 0.261. The van der Waals surface area contributed by atoms with Crippen molar-refractivity contribution in [3.63, 3.8) is 0 Å². The molecule has 0 aliphatic carbocycles. The van der Waals surface area contributed by atoms with E-state index in [1.54, 1.807) is 0 Å². The molecule has 6 nitrogen and oxygen atoms in total. The third-order valence-electron chi connectivity index (χ3n) is 1.03. The Balaban J connectivity index is 2.50. The number of aromatic nitrogens is 2. The highest BCUT2D eigenvalue weighted by atomic mass is 32.1. The number of alkyl halides is 3. The molecule has 0 unspecified atom stereocenters. The second-order valence-electron chi connectivity index (χ2n) is 2.21. The van der Waals surface area contributed by atoms with E-state index in [2.05, 4.69) is 14.2 Å². The molecule has 0 spiro atoms. The van der Waals surface area contributed by atoms with Crippen molar-refractivity contribution in [1.29, 1.82) is 0 Å². The number of carboxylic acid groups (broad SMARTS) is 1. The molecule has 1 heterocycles. The fourth-order valence-corrected chi connectivity index (χ4v) is 1.08. The first-order chi connectivity index (χ1) is 6.89. The van der Waals surface area contributed by atoms with Crippen molar-refractivity contribution >= 4 is 22.6 Å². The normalized spacial score (nSPS) is 11.4. The maximum absolute atomic E-state index is 12.0. The average Bonchev–Trinajstić information content (AvgIpc) is 2.51. The molecule has 0 fully saturated rings. The molecular weight excluding hydrogens is 239 g/mol. The van der Waals surface area contributed by atoms with Gasteiger partial charge in [0, 0.05) is 11.5 Å². The zero-order valence-corrected chi connectivity index (χ0v) is 7.72. The van der Waals surface area contributed by atoms with Crippen LogP contribution in [0, 0.1) is 0 Å². The zero-order chi connectivity index (χ0) is 11.5. The van der Waals surface area contributed by atoms with Crippen molar-refractivity contribution < 1.29 is 27.9 Å². The van der Waals surface area contributed by atoms with Gasteiger partial charge in [0.1, 0.15) is 0 Å². The third-order valence-corrected chi connectivity index (χ3v) is 1.65. The van der Waals surface area contributed by atoms with Crippen LogP contribution in [-0.4, -0.2) is 27.0 Å². The quantitative estimate of drug-likeness (QED) is 0.767. The van der Waals surface area contributed by atoms with Crippen LogP contribution < -0.4 is 5.48 Å². The molecular formula is C5H4F3N3O3S. The third kappa shape index (κ3) is 3.67. The lowest BCUT2D eigenvalue weighted by atomic mass is 10.6. The Morgan fingerprint density at radius 1 is 1.60 bits per heavy atom. The lowest BCUT2D eigenvalue weighted by molar-refractivity contribution is -0.144. The van der Waals surface area contributed by atoms with Gasteiger partial charge in [-0.2, -0.15) is 22.5 Å². The Morgan fingerprint density at radius 2 is 2.27 bits per heavy atom. The van der Waals surface area contributed by atoms with E-state index in [4.69, 9.17) is 5.11 Å². The first-order valence-electron chi connectivity index (χ1n) is 3.40. The van der Waals surface area contributed by atoms with E-state index >= 15 is 0 Å². The summed E-state index contributed by atoms with van der Waals surface area (Å²) in [6, 6.07) is 0. The van der Waals surface area contributed by atoms with Crippen molar-refractivity contribution in [2.45, 2.75) is 6.18 Å². The van der Waals surface area contributed by atoms with Gasteiger partial charge in [-0.3, -0.25) is 4.84 Å². The molecule has 10 heteroatoms. The molecule has 84 valence electrons. The number of hydrogen-bond donors (Lipinski definition) is 2. The van der Waals surface area contributed by atoms with Gasteiger partial charge in [-0.05, 0) is 0 Å². The van der Waals surface area contributed by atoms with Crippen LogP contribution in [0.1, 0.15) is 5.82 Å². The Bertz CT molecular complexity index is 353. The van der Waals surface area contributed by atoms with E-state index in [0.717, 1.165) is 0 Å². The Hall–Kier alpha value is -1.42. The first kappa shape index (κ1) is 11.7. The van der Waals surface area contributed by atoms with Crippen LogP contribution in [-0.2, 0) is 15.8 Å². The Morgan fingerprint density at radius 3 is 2.73 bits per heavy atom. The Kier molecular flexibility index (Phi) is 3.42. The van der Waals surface area contributed by atoms with Gasteiger partial charge < -0.3 is 5.11 Å². The summed E-state index contributed by atoms with van der Waals surface area (Å²) in [6.07, 6.45) is -4.62. The van der Waals surface area contributed by atoms with Gasteiger partial charge in [-0.15, -0.1) is 0 Å². The minimum Gasteiger partial charge on any atom is -0.479 e. The maximum Gasteiger partial charge on any atom is 0.452 e. The highest BCUT2D eigenvalue weighted by Gasteiger charge is 2.36. The van der Waals surface area contributed by atoms with Crippen LogP contribution >= 0.6 is 11.5 Å². The minimum atomic E-state index is -4.62. The molecule has 0 aliphatic rings. The summed E-state index contributed by atoms with van der Waals surface area (Å²) in [7, 11) is 0. The monoisotopic (exact) mass is 243 g/mol. The molecule has 0 amide bonds. The SMILES string of the molecule is O=C(O)CONc1nc(C(F)(F)F)ns1. The van der Waals surface area contributed by atoms with Gasteiger partial charge in [0.05, 0.1) is 0 Å². The molecule has 0 aromatic carbocycles. The summed E-state index contributed by atoms with van der Waals surface area (Å²) in [5, 5.41) is 7.89. The van der Waals surface area contributed by atoms with Crippen LogP contribution in [0.25, 0.3) is 0 Å². The number of nitrogens with zero attached hydrogens (tertiary/aromatic N) is 2. The van der Waals surface area contributed by atoms with Crippen LogP contribution in [0.3, 0.4) is 0 Å². The predicted octanol–water partition coefficient (Wildman–Crippen LogP) is 0.985. The number of hydrogen-bond acceptors (Lipinski definition) is 6. The Labute approximate surface area is 84.8 Å². The van der Waals surface area contributed by atoms with Gasteiger partial charge in [-0.25, -0.2) is 10.3 Å². The molecule has 0 atom stereocenters. The molecule has 1 aromatic rings. The van der Waals surface area contributed by atoms with Crippen molar-refractivity contribution in [1.82, 2.24) is 9.36 Å². The highest BCUT2D eigenvalue weighted by Crippen LogP contribution is 2.28. The summed E-state index contributed by atoms with van der Waals surface area (Å²) >= 11 is 0.418. The lowest BCUT2D eigenvalue weighted by Crippen LogP contribution is -2.12.